The Hall–Kier alpha value is -3.07. The van der Waals surface area contributed by atoms with Gasteiger partial charge in [0.25, 0.3) is 0 Å². The van der Waals surface area contributed by atoms with Gasteiger partial charge in [0.1, 0.15) is 0 Å². The zero-order valence-corrected chi connectivity index (χ0v) is 17.6. The molecule has 0 saturated carbocycles. The molecule has 0 aliphatic carbocycles. The predicted octanol–water partition coefficient (Wildman–Crippen LogP) is 1.33. The van der Waals surface area contributed by atoms with Gasteiger partial charge in [-0.2, -0.15) is 0 Å². The largest absolute Gasteiger partial charge is 0.355 e. The number of anilines is 1. The lowest BCUT2D eigenvalue weighted by molar-refractivity contribution is -0.137. The molecule has 0 spiro atoms. The van der Waals surface area contributed by atoms with Gasteiger partial charge in [-0.15, -0.1) is 14.8 Å². The highest BCUT2D eigenvalue weighted by Gasteiger charge is 2.29. The van der Waals surface area contributed by atoms with E-state index in [1.165, 1.54) is 10.2 Å². The zero-order chi connectivity index (χ0) is 20.9. The summed E-state index contributed by atoms with van der Waals surface area (Å²) in [5.74, 6) is 1.14. The third-order valence-corrected chi connectivity index (χ3v) is 5.57. The maximum atomic E-state index is 13.3. The van der Waals surface area contributed by atoms with E-state index < -0.39 is 0 Å². The Morgan fingerprint density at radius 3 is 2.57 bits per heavy atom. The standard InChI is InChI=1S/C21H28N8O/c1-26(2)14-15-28(16-17-6-4-3-5-7-17)21(30)18-10-12-27(13-11-18)20-9-8-19-22-24-25-29(19)23-20/h3-9,18H,10-16H2,1-2H3. The number of benzene rings is 1. The number of tetrazole rings is 1. The van der Waals surface area contributed by atoms with Crippen LogP contribution in [0.4, 0.5) is 5.82 Å². The van der Waals surface area contributed by atoms with Gasteiger partial charge in [0.05, 0.1) is 0 Å². The second-order valence-electron chi connectivity index (χ2n) is 8.03. The Morgan fingerprint density at radius 2 is 1.83 bits per heavy atom. The van der Waals surface area contributed by atoms with Crippen LogP contribution in [0.5, 0.6) is 0 Å². The van der Waals surface area contributed by atoms with E-state index in [0.29, 0.717) is 12.2 Å². The summed E-state index contributed by atoms with van der Waals surface area (Å²) in [6.07, 6.45) is 1.64. The van der Waals surface area contributed by atoms with Crippen molar-refractivity contribution < 1.29 is 4.79 Å². The Balaban J connectivity index is 1.39. The summed E-state index contributed by atoms with van der Waals surface area (Å²) in [5.41, 5.74) is 1.79. The topological polar surface area (TPSA) is 82.8 Å². The van der Waals surface area contributed by atoms with Crippen molar-refractivity contribution in [3.05, 3.63) is 48.0 Å². The molecule has 1 saturated heterocycles. The highest BCUT2D eigenvalue weighted by atomic mass is 16.2. The minimum atomic E-state index is 0.0453. The molecule has 1 fully saturated rings. The van der Waals surface area contributed by atoms with Crippen LogP contribution in [0.1, 0.15) is 18.4 Å². The Bertz CT molecular complexity index is 965. The summed E-state index contributed by atoms with van der Waals surface area (Å²) >= 11 is 0. The number of carbonyl (C=O) groups is 1. The van der Waals surface area contributed by atoms with Gasteiger partial charge in [0.2, 0.25) is 5.91 Å². The molecule has 1 aromatic carbocycles. The molecule has 9 heteroatoms. The summed E-state index contributed by atoms with van der Waals surface area (Å²) in [4.78, 5) is 19.7. The predicted molar refractivity (Wildman–Crippen MR) is 114 cm³/mol. The average molecular weight is 409 g/mol. The number of aromatic nitrogens is 5. The van der Waals surface area contributed by atoms with Crippen molar-refractivity contribution in [1.29, 1.82) is 0 Å². The molecule has 0 unspecified atom stereocenters. The molecular weight excluding hydrogens is 380 g/mol. The number of amides is 1. The monoisotopic (exact) mass is 408 g/mol. The van der Waals surface area contributed by atoms with Crippen molar-refractivity contribution in [3.63, 3.8) is 0 Å². The van der Waals surface area contributed by atoms with Crippen LogP contribution in [0.2, 0.25) is 0 Å². The fourth-order valence-corrected chi connectivity index (χ4v) is 3.81. The summed E-state index contributed by atoms with van der Waals surface area (Å²) in [6, 6.07) is 14.0. The van der Waals surface area contributed by atoms with Crippen LogP contribution in [0.3, 0.4) is 0 Å². The van der Waals surface area contributed by atoms with E-state index >= 15 is 0 Å². The molecule has 1 amide bonds. The molecule has 0 bridgehead atoms. The molecule has 1 aliphatic heterocycles. The molecular formula is C21H28N8O. The number of rotatable bonds is 7. The number of hydrogen-bond acceptors (Lipinski definition) is 7. The van der Waals surface area contributed by atoms with Crippen LogP contribution in [-0.2, 0) is 11.3 Å². The highest BCUT2D eigenvalue weighted by molar-refractivity contribution is 5.79. The molecule has 0 atom stereocenters. The number of likely N-dealkylation sites (N-methyl/N-ethyl adjacent to an activating group) is 1. The molecule has 1 aliphatic rings. The molecule has 4 rings (SSSR count). The molecule has 30 heavy (non-hydrogen) atoms. The van der Waals surface area contributed by atoms with Crippen LogP contribution >= 0.6 is 0 Å². The van der Waals surface area contributed by atoms with Gasteiger partial charge in [-0.3, -0.25) is 4.79 Å². The third kappa shape index (κ3) is 4.73. The first-order valence-electron chi connectivity index (χ1n) is 10.4. The van der Waals surface area contributed by atoms with Crippen molar-refractivity contribution in [3.8, 4) is 0 Å². The van der Waals surface area contributed by atoms with Gasteiger partial charge in [0.15, 0.2) is 11.5 Å². The first-order chi connectivity index (χ1) is 14.6. The minimum Gasteiger partial charge on any atom is -0.355 e. The van der Waals surface area contributed by atoms with Crippen molar-refractivity contribution in [2.45, 2.75) is 19.4 Å². The Morgan fingerprint density at radius 1 is 1.07 bits per heavy atom. The van der Waals surface area contributed by atoms with E-state index in [1.54, 1.807) is 0 Å². The van der Waals surface area contributed by atoms with Crippen LogP contribution in [0.25, 0.3) is 5.65 Å². The lowest BCUT2D eigenvalue weighted by atomic mass is 9.95. The maximum absolute atomic E-state index is 13.3. The van der Waals surface area contributed by atoms with Gasteiger partial charge >= 0.3 is 0 Å². The molecule has 0 N–H and O–H groups in total. The van der Waals surface area contributed by atoms with Gasteiger partial charge in [-0.05, 0) is 55.1 Å². The van der Waals surface area contributed by atoms with E-state index in [4.69, 9.17) is 0 Å². The van der Waals surface area contributed by atoms with Gasteiger partial charge < -0.3 is 14.7 Å². The van der Waals surface area contributed by atoms with Gasteiger partial charge in [-0.25, -0.2) is 0 Å². The van der Waals surface area contributed by atoms with E-state index in [1.807, 2.05) is 49.3 Å². The summed E-state index contributed by atoms with van der Waals surface area (Å²) in [6.45, 7) is 3.84. The van der Waals surface area contributed by atoms with E-state index in [9.17, 15) is 4.79 Å². The molecule has 0 radical (unpaired) electrons. The second kappa shape index (κ2) is 9.17. The normalized spacial score (nSPS) is 15.1. The highest BCUT2D eigenvalue weighted by Crippen LogP contribution is 2.24. The third-order valence-electron chi connectivity index (χ3n) is 5.57. The number of piperidine rings is 1. The first kappa shape index (κ1) is 20.2. The van der Waals surface area contributed by atoms with Crippen molar-refractivity contribution in [1.82, 2.24) is 35.1 Å². The van der Waals surface area contributed by atoms with E-state index in [0.717, 1.165) is 44.8 Å². The number of fused-ring (bicyclic) bond motifs is 1. The van der Waals surface area contributed by atoms with Gasteiger partial charge in [-0.1, -0.05) is 30.3 Å². The van der Waals surface area contributed by atoms with Crippen LogP contribution in [0.15, 0.2) is 42.5 Å². The number of carbonyl (C=O) groups excluding carboxylic acids is 1. The van der Waals surface area contributed by atoms with Crippen molar-refractivity contribution in [2.24, 2.45) is 5.92 Å². The molecule has 9 nitrogen and oxygen atoms in total. The SMILES string of the molecule is CN(C)CCN(Cc1ccccc1)C(=O)C1CCN(c2ccc3nnnn3n2)CC1. The van der Waals surface area contributed by atoms with Gasteiger partial charge in [0, 0.05) is 38.6 Å². The lowest BCUT2D eigenvalue weighted by Gasteiger charge is -2.35. The lowest BCUT2D eigenvalue weighted by Crippen LogP contribution is -2.44. The van der Waals surface area contributed by atoms with Crippen LogP contribution in [-0.4, -0.2) is 81.2 Å². The molecule has 3 aromatic rings. The molecule has 2 aromatic heterocycles. The fourth-order valence-electron chi connectivity index (χ4n) is 3.81. The minimum absolute atomic E-state index is 0.0453. The second-order valence-corrected chi connectivity index (χ2v) is 8.03. The summed E-state index contributed by atoms with van der Waals surface area (Å²) in [5, 5.41) is 15.9. The summed E-state index contributed by atoms with van der Waals surface area (Å²) in [7, 11) is 4.08. The molecule has 158 valence electrons. The zero-order valence-electron chi connectivity index (χ0n) is 17.6. The fraction of sp³-hybridized carbons (Fsp3) is 0.476. The van der Waals surface area contributed by atoms with Crippen LogP contribution < -0.4 is 4.90 Å². The van der Waals surface area contributed by atoms with Crippen LogP contribution in [0, 0.1) is 5.92 Å². The van der Waals surface area contributed by atoms with E-state index in [2.05, 4.69) is 42.6 Å². The Labute approximate surface area is 176 Å². The smallest absolute Gasteiger partial charge is 0.226 e. The maximum Gasteiger partial charge on any atom is 0.226 e. The average Bonchev–Trinajstić information content (AvgIpc) is 3.25. The van der Waals surface area contributed by atoms with Crippen molar-refractivity contribution in [2.75, 3.05) is 45.2 Å². The quantitative estimate of drug-likeness (QED) is 0.583. The number of hydrogen-bond donors (Lipinski definition) is 0. The Kier molecular flexibility index (Phi) is 6.18. The first-order valence-corrected chi connectivity index (χ1v) is 10.4. The summed E-state index contributed by atoms with van der Waals surface area (Å²) < 4.78 is 1.44. The van der Waals surface area contributed by atoms with Crippen molar-refractivity contribution >= 4 is 17.4 Å². The molecule has 3 heterocycles. The number of nitrogens with zero attached hydrogens (tertiary/aromatic N) is 8. The van der Waals surface area contributed by atoms with E-state index in [-0.39, 0.29) is 11.8 Å².